The third-order valence-electron chi connectivity index (χ3n) is 3.43. The van der Waals surface area contributed by atoms with E-state index in [4.69, 9.17) is 0 Å². The van der Waals surface area contributed by atoms with Gasteiger partial charge in [0, 0.05) is 5.56 Å². The number of esters is 1. The number of ether oxygens (including phenoxy) is 1. The monoisotopic (exact) mass is 317 g/mol. The van der Waals surface area contributed by atoms with E-state index < -0.39 is 29.7 Å². The molecule has 0 aromatic heterocycles. The van der Waals surface area contributed by atoms with Crippen LogP contribution >= 0.6 is 0 Å². The largest absolute Gasteiger partial charge is 0.467 e. The lowest BCUT2D eigenvalue weighted by Crippen LogP contribution is -2.45. The van der Waals surface area contributed by atoms with Crippen LogP contribution in [0.5, 0.6) is 0 Å². The molecule has 0 saturated heterocycles. The number of alkyl halides is 3. The molecule has 122 valence electrons. The second-order valence-electron chi connectivity index (χ2n) is 4.93. The van der Waals surface area contributed by atoms with Crippen LogP contribution in [0.1, 0.15) is 36.2 Å². The minimum absolute atomic E-state index is 0.0465. The van der Waals surface area contributed by atoms with Crippen molar-refractivity contribution in [2.45, 2.75) is 32.5 Å². The summed E-state index contributed by atoms with van der Waals surface area (Å²) >= 11 is 0. The first-order chi connectivity index (χ1) is 10.2. The molecule has 0 aliphatic rings. The van der Waals surface area contributed by atoms with Crippen LogP contribution in [0.4, 0.5) is 13.2 Å². The van der Waals surface area contributed by atoms with Gasteiger partial charge in [-0.25, -0.2) is 4.79 Å². The van der Waals surface area contributed by atoms with E-state index in [1.165, 1.54) is 7.11 Å². The Morgan fingerprint density at radius 1 is 1.23 bits per heavy atom. The minimum atomic E-state index is -4.46. The van der Waals surface area contributed by atoms with E-state index in [2.05, 4.69) is 10.1 Å². The zero-order valence-electron chi connectivity index (χ0n) is 12.5. The van der Waals surface area contributed by atoms with Gasteiger partial charge < -0.3 is 10.1 Å². The Hall–Kier alpha value is -2.05. The first kappa shape index (κ1) is 18.0. The lowest BCUT2D eigenvalue weighted by Gasteiger charge is -2.21. The van der Waals surface area contributed by atoms with E-state index in [0.29, 0.717) is 6.42 Å². The third-order valence-corrected chi connectivity index (χ3v) is 3.43. The van der Waals surface area contributed by atoms with Crippen molar-refractivity contribution in [3.63, 3.8) is 0 Å². The van der Waals surface area contributed by atoms with Crippen molar-refractivity contribution < 1.29 is 27.5 Å². The fourth-order valence-corrected chi connectivity index (χ4v) is 1.83. The maximum Gasteiger partial charge on any atom is 0.416 e. The summed E-state index contributed by atoms with van der Waals surface area (Å²) in [7, 11) is 1.21. The molecule has 0 radical (unpaired) electrons. The van der Waals surface area contributed by atoms with Crippen molar-refractivity contribution in [2.75, 3.05) is 7.11 Å². The van der Waals surface area contributed by atoms with Crippen molar-refractivity contribution in [1.29, 1.82) is 0 Å². The number of hydrogen-bond acceptors (Lipinski definition) is 3. The highest BCUT2D eigenvalue weighted by Crippen LogP contribution is 2.29. The molecule has 0 bridgehead atoms. The van der Waals surface area contributed by atoms with Gasteiger partial charge in [-0.2, -0.15) is 13.2 Å². The molecule has 4 nitrogen and oxygen atoms in total. The third kappa shape index (κ3) is 4.47. The van der Waals surface area contributed by atoms with Crippen LogP contribution in [0.2, 0.25) is 0 Å². The Labute approximate surface area is 126 Å². The molecule has 1 aromatic carbocycles. The van der Waals surface area contributed by atoms with E-state index in [9.17, 15) is 22.8 Å². The number of nitrogens with one attached hydrogen (secondary N) is 1. The minimum Gasteiger partial charge on any atom is -0.467 e. The molecular formula is C15H18F3NO3. The van der Waals surface area contributed by atoms with E-state index in [1.54, 1.807) is 6.92 Å². The summed E-state index contributed by atoms with van der Waals surface area (Å²) in [6.45, 7) is 3.62. The highest BCUT2D eigenvalue weighted by molar-refractivity contribution is 5.96. The molecule has 0 aliphatic carbocycles. The summed E-state index contributed by atoms with van der Waals surface area (Å²) in [5.74, 6) is -1.37. The van der Waals surface area contributed by atoms with Crippen LogP contribution in [0.15, 0.2) is 24.3 Å². The first-order valence-electron chi connectivity index (χ1n) is 6.76. The summed E-state index contributed by atoms with van der Waals surface area (Å²) < 4.78 is 42.1. The van der Waals surface area contributed by atoms with Gasteiger partial charge in [0.2, 0.25) is 0 Å². The Morgan fingerprint density at radius 2 is 1.77 bits per heavy atom. The predicted octanol–water partition coefficient (Wildman–Crippen LogP) is 3.02. The molecule has 7 heteroatoms. The first-order valence-corrected chi connectivity index (χ1v) is 6.76. The molecule has 0 fully saturated rings. The summed E-state index contributed by atoms with van der Waals surface area (Å²) in [5, 5.41) is 2.50. The number of methoxy groups -OCH3 is 1. The average molecular weight is 317 g/mol. The number of amides is 1. The van der Waals surface area contributed by atoms with Crippen LogP contribution in [-0.4, -0.2) is 25.0 Å². The van der Waals surface area contributed by atoms with Gasteiger partial charge >= 0.3 is 12.1 Å². The summed E-state index contributed by atoms with van der Waals surface area (Å²) in [6.07, 6.45) is -3.83. The Bertz CT molecular complexity index is 526. The molecule has 1 N–H and O–H groups in total. The maximum atomic E-state index is 12.5. The molecule has 0 aliphatic heterocycles. The summed E-state index contributed by atoms with van der Waals surface area (Å²) in [5.41, 5.74) is -0.791. The van der Waals surface area contributed by atoms with E-state index in [0.717, 1.165) is 24.3 Å². The molecule has 22 heavy (non-hydrogen) atoms. The van der Waals surface area contributed by atoms with Gasteiger partial charge in [0.15, 0.2) is 0 Å². The number of rotatable bonds is 5. The van der Waals surface area contributed by atoms with Gasteiger partial charge in [-0.3, -0.25) is 4.79 Å². The lowest BCUT2D eigenvalue weighted by atomic mass is 9.98. The zero-order chi connectivity index (χ0) is 16.9. The molecule has 0 heterocycles. The molecule has 0 spiro atoms. The van der Waals surface area contributed by atoms with Crippen LogP contribution in [-0.2, 0) is 15.7 Å². The van der Waals surface area contributed by atoms with Crippen LogP contribution in [0.3, 0.4) is 0 Å². The number of hydrogen-bond donors (Lipinski definition) is 1. The van der Waals surface area contributed by atoms with Gasteiger partial charge in [0.25, 0.3) is 5.91 Å². The second-order valence-corrected chi connectivity index (χ2v) is 4.93. The fourth-order valence-electron chi connectivity index (χ4n) is 1.83. The number of halogens is 3. The number of carbonyl (C=O) groups excluding carboxylic acids is 2. The molecule has 1 amide bonds. The Morgan fingerprint density at radius 3 is 2.18 bits per heavy atom. The van der Waals surface area contributed by atoms with Gasteiger partial charge in [-0.05, 0) is 30.2 Å². The van der Waals surface area contributed by atoms with E-state index >= 15 is 0 Å². The maximum absolute atomic E-state index is 12.5. The van der Waals surface area contributed by atoms with Crippen LogP contribution < -0.4 is 5.32 Å². The highest BCUT2D eigenvalue weighted by atomic mass is 19.4. The van der Waals surface area contributed by atoms with Crippen molar-refractivity contribution in [2.24, 2.45) is 5.92 Å². The standard InChI is InChI=1S/C15H18F3NO3/c1-4-9(2)12(14(21)22-3)19-13(20)10-5-7-11(8-6-10)15(16,17)18/h5-9,12H,4H2,1-3H3,(H,19,20)/t9-,12-/m0/s1. The molecular weight excluding hydrogens is 299 g/mol. The smallest absolute Gasteiger partial charge is 0.416 e. The lowest BCUT2D eigenvalue weighted by molar-refractivity contribution is -0.144. The number of benzene rings is 1. The Kier molecular flexibility index (Phi) is 5.96. The molecule has 1 aromatic rings. The van der Waals surface area contributed by atoms with Crippen LogP contribution in [0, 0.1) is 5.92 Å². The van der Waals surface area contributed by atoms with Crippen molar-refractivity contribution >= 4 is 11.9 Å². The normalized spacial score (nSPS) is 14.1. The second kappa shape index (κ2) is 7.29. The molecule has 0 unspecified atom stereocenters. The van der Waals surface area contributed by atoms with Crippen molar-refractivity contribution in [3.8, 4) is 0 Å². The van der Waals surface area contributed by atoms with Gasteiger partial charge in [-0.1, -0.05) is 20.3 Å². The highest BCUT2D eigenvalue weighted by Gasteiger charge is 2.31. The Balaban J connectivity index is 2.88. The van der Waals surface area contributed by atoms with E-state index in [-0.39, 0.29) is 11.5 Å². The SMILES string of the molecule is CC[C@H](C)[C@H](NC(=O)c1ccc(C(F)(F)F)cc1)C(=O)OC. The molecule has 2 atom stereocenters. The van der Waals surface area contributed by atoms with Crippen molar-refractivity contribution in [3.05, 3.63) is 35.4 Å². The molecule has 0 saturated carbocycles. The number of carbonyl (C=O) groups is 2. The fraction of sp³-hybridized carbons (Fsp3) is 0.467. The van der Waals surface area contributed by atoms with Crippen LogP contribution in [0.25, 0.3) is 0 Å². The summed E-state index contributed by atoms with van der Waals surface area (Å²) in [6, 6.07) is 2.95. The molecule has 1 rings (SSSR count). The van der Waals surface area contributed by atoms with Gasteiger partial charge in [0.05, 0.1) is 12.7 Å². The van der Waals surface area contributed by atoms with Gasteiger partial charge in [-0.15, -0.1) is 0 Å². The quantitative estimate of drug-likeness (QED) is 0.849. The van der Waals surface area contributed by atoms with Gasteiger partial charge in [0.1, 0.15) is 6.04 Å². The summed E-state index contributed by atoms with van der Waals surface area (Å²) in [4.78, 5) is 23.7. The zero-order valence-corrected chi connectivity index (χ0v) is 12.5. The predicted molar refractivity (Wildman–Crippen MR) is 74.2 cm³/mol. The van der Waals surface area contributed by atoms with Crippen molar-refractivity contribution in [1.82, 2.24) is 5.32 Å². The average Bonchev–Trinajstić information content (AvgIpc) is 2.50. The van der Waals surface area contributed by atoms with E-state index in [1.807, 2.05) is 6.92 Å². The topological polar surface area (TPSA) is 55.4 Å².